The number of aliphatic hydroxyl groups excluding tert-OH is 1. The first-order valence-corrected chi connectivity index (χ1v) is 40.2. The standard InChI is InChI=1S/C72H140O17P2/c1-9-65(8)51-43-35-26-20-16-12-10-11-13-17-21-27-36-44-52-69(74)82-58-67(88-71(76)54-46-38-28-22-18-14-15-19-24-32-40-48-62(2)3)60-86-90(78,79)84-56-66(73)57-85-91(80,81)87-61-68(89-72(77)55-47-39-31-30-34-42-50-64(6)7)59-83-70(75)53-45-37-29-23-25-33-41-49-63(4)5/h62-68,73H,9-61H2,1-8H3,(H,78,79)(H,80,81)/t65?,66?,67-,68-/m1/s1. The fourth-order valence-corrected chi connectivity index (χ4v) is 12.4. The molecule has 0 aliphatic heterocycles. The number of phosphoric acid groups is 2. The molecule has 0 fully saturated rings. The van der Waals surface area contributed by atoms with E-state index in [0.717, 1.165) is 108 Å². The van der Waals surface area contributed by atoms with Crippen LogP contribution in [0.1, 0.15) is 357 Å². The molecular formula is C72H140O17P2. The number of carbonyl (C=O) groups excluding carboxylic acids is 4. The highest BCUT2D eigenvalue weighted by molar-refractivity contribution is 7.47. The second-order valence-corrected chi connectivity index (χ2v) is 30.6. The monoisotopic (exact) mass is 1340 g/mol. The first-order chi connectivity index (χ1) is 43.6. The van der Waals surface area contributed by atoms with Gasteiger partial charge in [-0.05, 0) is 49.4 Å². The molecule has 0 radical (unpaired) electrons. The fourth-order valence-electron chi connectivity index (χ4n) is 10.8. The van der Waals surface area contributed by atoms with E-state index in [9.17, 15) is 43.2 Å². The number of aliphatic hydroxyl groups is 1. The Balaban J connectivity index is 5.21. The molecule has 0 aromatic carbocycles. The Morgan fingerprint density at radius 3 is 0.780 bits per heavy atom. The Labute approximate surface area is 556 Å². The molecule has 0 aromatic rings. The molecule has 540 valence electrons. The van der Waals surface area contributed by atoms with Gasteiger partial charge in [0.05, 0.1) is 26.4 Å². The lowest BCUT2D eigenvalue weighted by Gasteiger charge is -2.21. The normalized spacial score (nSPS) is 14.5. The molecule has 91 heavy (non-hydrogen) atoms. The largest absolute Gasteiger partial charge is 0.472 e. The average molecular weight is 1340 g/mol. The van der Waals surface area contributed by atoms with Crippen LogP contribution in [0.2, 0.25) is 0 Å². The maximum atomic E-state index is 13.0. The average Bonchev–Trinajstić information content (AvgIpc) is 3.57. The van der Waals surface area contributed by atoms with E-state index in [0.29, 0.717) is 37.5 Å². The lowest BCUT2D eigenvalue weighted by atomic mass is 9.99. The van der Waals surface area contributed by atoms with E-state index >= 15 is 0 Å². The third-order valence-corrected chi connectivity index (χ3v) is 18.8. The number of phosphoric ester groups is 2. The van der Waals surface area contributed by atoms with Crippen molar-refractivity contribution < 1.29 is 80.2 Å². The van der Waals surface area contributed by atoms with Gasteiger partial charge in [0.25, 0.3) is 0 Å². The molecule has 0 rings (SSSR count). The van der Waals surface area contributed by atoms with Gasteiger partial charge >= 0.3 is 39.5 Å². The summed E-state index contributed by atoms with van der Waals surface area (Å²) in [6, 6.07) is 0. The number of esters is 4. The van der Waals surface area contributed by atoms with E-state index < -0.39 is 97.5 Å². The van der Waals surface area contributed by atoms with Gasteiger partial charge in [-0.3, -0.25) is 37.3 Å². The van der Waals surface area contributed by atoms with E-state index in [-0.39, 0.29) is 25.7 Å². The minimum Gasteiger partial charge on any atom is -0.462 e. The Kier molecular flexibility index (Phi) is 60.3. The number of ether oxygens (including phenoxy) is 4. The zero-order valence-electron chi connectivity index (χ0n) is 59.5. The molecular weight excluding hydrogens is 1200 g/mol. The van der Waals surface area contributed by atoms with Crippen LogP contribution in [0.4, 0.5) is 0 Å². The first kappa shape index (κ1) is 89.1. The van der Waals surface area contributed by atoms with Crippen LogP contribution in [0, 0.1) is 23.7 Å². The lowest BCUT2D eigenvalue weighted by Crippen LogP contribution is -2.30. The molecule has 0 aliphatic carbocycles. The Morgan fingerprint density at radius 1 is 0.308 bits per heavy atom. The Bertz CT molecular complexity index is 1800. The molecule has 6 atom stereocenters. The van der Waals surface area contributed by atoms with Gasteiger partial charge in [0.2, 0.25) is 0 Å². The molecule has 0 saturated carbocycles. The van der Waals surface area contributed by atoms with Crippen LogP contribution < -0.4 is 0 Å². The van der Waals surface area contributed by atoms with Gasteiger partial charge in [-0.2, -0.15) is 0 Å². The number of unbranched alkanes of at least 4 members (excludes halogenated alkanes) is 34. The minimum absolute atomic E-state index is 0.101. The summed E-state index contributed by atoms with van der Waals surface area (Å²) < 4.78 is 68.3. The predicted molar refractivity (Wildman–Crippen MR) is 367 cm³/mol. The van der Waals surface area contributed by atoms with Crippen LogP contribution >= 0.6 is 15.6 Å². The minimum atomic E-state index is -4.95. The summed E-state index contributed by atoms with van der Waals surface area (Å²) in [5.41, 5.74) is 0. The highest BCUT2D eigenvalue weighted by atomic mass is 31.2. The van der Waals surface area contributed by atoms with Crippen molar-refractivity contribution in [2.75, 3.05) is 39.6 Å². The van der Waals surface area contributed by atoms with Crippen molar-refractivity contribution in [3.05, 3.63) is 0 Å². The van der Waals surface area contributed by atoms with Gasteiger partial charge < -0.3 is 33.8 Å². The second-order valence-electron chi connectivity index (χ2n) is 27.6. The molecule has 3 N–H and O–H groups in total. The summed E-state index contributed by atoms with van der Waals surface area (Å²) in [6.07, 6.45) is 44.7. The van der Waals surface area contributed by atoms with Crippen LogP contribution in [0.3, 0.4) is 0 Å². The summed E-state index contributed by atoms with van der Waals surface area (Å²) in [7, 11) is -9.90. The quantitative estimate of drug-likeness (QED) is 0.0222. The van der Waals surface area contributed by atoms with Gasteiger partial charge in [0.15, 0.2) is 12.2 Å². The van der Waals surface area contributed by atoms with Crippen LogP contribution in [-0.2, 0) is 65.4 Å². The summed E-state index contributed by atoms with van der Waals surface area (Å²) in [4.78, 5) is 72.5. The molecule has 4 unspecified atom stereocenters. The maximum absolute atomic E-state index is 13.0. The van der Waals surface area contributed by atoms with Crippen molar-refractivity contribution in [3.8, 4) is 0 Å². The van der Waals surface area contributed by atoms with Gasteiger partial charge in [-0.1, -0.05) is 306 Å². The number of rotatable bonds is 69. The zero-order valence-corrected chi connectivity index (χ0v) is 61.3. The van der Waals surface area contributed by atoms with E-state index in [1.54, 1.807) is 0 Å². The first-order valence-electron chi connectivity index (χ1n) is 37.2. The van der Waals surface area contributed by atoms with Crippen molar-refractivity contribution in [1.29, 1.82) is 0 Å². The van der Waals surface area contributed by atoms with Crippen molar-refractivity contribution in [2.45, 2.75) is 375 Å². The van der Waals surface area contributed by atoms with Gasteiger partial charge in [-0.15, -0.1) is 0 Å². The van der Waals surface area contributed by atoms with Gasteiger partial charge in [0, 0.05) is 25.7 Å². The molecule has 0 amide bonds. The number of carbonyl (C=O) groups is 4. The topological polar surface area (TPSA) is 237 Å². The van der Waals surface area contributed by atoms with E-state index in [2.05, 4.69) is 55.4 Å². The molecule has 0 heterocycles. The summed E-state index contributed by atoms with van der Waals surface area (Å²) >= 11 is 0. The summed E-state index contributed by atoms with van der Waals surface area (Å²) in [5.74, 6) is 0.858. The predicted octanol–water partition coefficient (Wildman–Crippen LogP) is 20.5. The van der Waals surface area contributed by atoms with Crippen LogP contribution in [0.25, 0.3) is 0 Å². The molecule has 0 saturated heterocycles. The van der Waals surface area contributed by atoms with Gasteiger partial charge in [0.1, 0.15) is 19.3 Å². The van der Waals surface area contributed by atoms with Crippen LogP contribution in [-0.4, -0.2) is 96.7 Å². The maximum Gasteiger partial charge on any atom is 0.472 e. The van der Waals surface area contributed by atoms with Crippen molar-refractivity contribution in [1.82, 2.24) is 0 Å². The third kappa shape index (κ3) is 65.1. The summed E-state index contributed by atoms with van der Waals surface area (Å²) in [6.45, 7) is 14.1. The molecule has 0 spiro atoms. The molecule has 0 aromatic heterocycles. The van der Waals surface area contributed by atoms with Gasteiger partial charge in [-0.25, -0.2) is 9.13 Å². The molecule has 0 aliphatic rings. The lowest BCUT2D eigenvalue weighted by molar-refractivity contribution is -0.161. The number of hydrogen-bond donors (Lipinski definition) is 3. The highest BCUT2D eigenvalue weighted by Crippen LogP contribution is 2.45. The smallest absolute Gasteiger partial charge is 0.462 e. The van der Waals surface area contributed by atoms with E-state index in [1.165, 1.54) is 154 Å². The SMILES string of the molecule is CCC(C)CCCCCCCCCCCCCCCCC(=O)OC[C@H](COP(=O)(O)OCC(O)COP(=O)(O)OC[C@@H](COC(=O)CCCCCCCCCC(C)C)OC(=O)CCCCCCCCC(C)C)OC(=O)CCCCCCCCCCCCCC(C)C. The molecule has 19 heteroatoms. The van der Waals surface area contributed by atoms with Crippen LogP contribution in [0.15, 0.2) is 0 Å². The van der Waals surface area contributed by atoms with Crippen molar-refractivity contribution in [2.24, 2.45) is 23.7 Å². The third-order valence-electron chi connectivity index (χ3n) is 16.9. The molecule has 17 nitrogen and oxygen atoms in total. The Morgan fingerprint density at radius 2 is 0.527 bits per heavy atom. The van der Waals surface area contributed by atoms with E-state index in [4.69, 9.17) is 37.0 Å². The second kappa shape index (κ2) is 61.6. The molecule has 0 bridgehead atoms. The highest BCUT2D eigenvalue weighted by Gasteiger charge is 2.30. The summed E-state index contributed by atoms with van der Waals surface area (Å²) in [5, 5.41) is 10.6. The van der Waals surface area contributed by atoms with Crippen molar-refractivity contribution in [3.63, 3.8) is 0 Å². The zero-order chi connectivity index (χ0) is 67.5. The Hall–Kier alpha value is -1.94. The van der Waals surface area contributed by atoms with Crippen molar-refractivity contribution >= 4 is 39.5 Å². The number of hydrogen-bond acceptors (Lipinski definition) is 15. The van der Waals surface area contributed by atoms with E-state index in [1.807, 2.05) is 0 Å². The fraction of sp³-hybridized carbons (Fsp3) is 0.944. The van der Waals surface area contributed by atoms with Crippen LogP contribution in [0.5, 0.6) is 0 Å².